The zero-order valence-electron chi connectivity index (χ0n) is 12.1. The Morgan fingerprint density at radius 1 is 1.60 bits per heavy atom. The number of amides is 1. The van der Waals surface area contributed by atoms with Gasteiger partial charge >= 0.3 is 0 Å². The second kappa shape index (κ2) is 7.13. The fourth-order valence-electron chi connectivity index (χ4n) is 2.64. The van der Waals surface area contributed by atoms with Gasteiger partial charge in [-0.05, 0) is 32.1 Å². The summed E-state index contributed by atoms with van der Waals surface area (Å²) in [5, 5.41) is 16.5. The predicted molar refractivity (Wildman–Crippen MR) is 81.0 cm³/mol. The maximum Gasteiger partial charge on any atom is 0.272 e. The molecule has 1 aliphatic carbocycles. The Morgan fingerprint density at radius 2 is 2.30 bits per heavy atom. The van der Waals surface area contributed by atoms with Crippen molar-refractivity contribution in [3.63, 3.8) is 0 Å². The van der Waals surface area contributed by atoms with Gasteiger partial charge in [-0.15, -0.1) is 0 Å². The standard InChI is InChI=1S/C14H23N3O2S/c1-10(13(9-18)20-2)15-14(19)12-7-8-17(16-12)11-5-3-4-6-11/h7-8,10-11,13,18H,3-6,9H2,1-2H3,(H,15,19). The minimum Gasteiger partial charge on any atom is -0.395 e. The first-order valence-corrected chi connectivity index (χ1v) is 8.44. The summed E-state index contributed by atoms with van der Waals surface area (Å²) >= 11 is 1.55. The molecule has 2 N–H and O–H groups in total. The molecule has 0 spiro atoms. The Hall–Kier alpha value is -1.01. The molecule has 1 amide bonds. The number of nitrogens with zero attached hydrogens (tertiary/aromatic N) is 2. The summed E-state index contributed by atoms with van der Waals surface area (Å²) in [4.78, 5) is 12.1. The average molecular weight is 297 g/mol. The zero-order valence-corrected chi connectivity index (χ0v) is 12.9. The van der Waals surface area contributed by atoms with Gasteiger partial charge in [0.25, 0.3) is 5.91 Å². The highest BCUT2D eigenvalue weighted by molar-refractivity contribution is 7.99. The van der Waals surface area contributed by atoms with Crippen LogP contribution in [0.2, 0.25) is 0 Å². The smallest absolute Gasteiger partial charge is 0.272 e. The Labute approximate surface area is 124 Å². The van der Waals surface area contributed by atoms with Crippen LogP contribution in [0.15, 0.2) is 12.3 Å². The first kappa shape index (κ1) is 15.4. The Morgan fingerprint density at radius 3 is 2.90 bits per heavy atom. The molecule has 6 heteroatoms. The van der Waals surface area contributed by atoms with Crippen LogP contribution in [0.3, 0.4) is 0 Å². The van der Waals surface area contributed by atoms with Crippen molar-refractivity contribution < 1.29 is 9.90 Å². The number of hydrogen-bond acceptors (Lipinski definition) is 4. The van der Waals surface area contributed by atoms with E-state index < -0.39 is 0 Å². The van der Waals surface area contributed by atoms with Crippen LogP contribution in [-0.4, -0.2) is 44.9 Å². The van der Waals surface area contributed by atoms with E-state index in [1.54, 1.807) is 17.8 Å². The molecular formula is C14H23N3O2S. The molecule has 1 heterocycles. The number of aromatic nitrogens is 2. The first-order chi connectivity index (χ1) is 9.65. The van der Waals surface area contributed by atoms with Gasteiger partial charge in [0, 0.05) is 17.5 Å². The topological polar surface area (TPSA) is 67.2 Å². The molecule has 1 saturated carbocycles. The van der Waals surface area contributed by atoms with Crippen LogP contribution in [0.25, 0.3) is 0 Å². The molecule has 20 heavy (non-hydrogen) atoms. The summed E-state index contributed by atoms with van der Waals surface area (Å²) < 4.78 is 1.92. The molecule has 0 aromatic carbocycles. The maximum atomic E-state index is 12.1. The Kier molecular flexibility index (Phi) is 5.48. The summed E-state index contributed by atoms with van der Waals surface area (Å²) in [7, 11) is 0. The third kappa shape index (κ3) is 3.55. The van der Waals surface area contributed by atoms with Crippen molar-refractivity contribution >= 4 is 17.7 Å². The van der Waals surface area contributed by atoms with E-state index in [1.165, 1.54) is 12.8 Å². The van der Waals surface area contributed by atoms with Gasteiger partial charge in [-0.3, -0.25) is 9.48 Å². The molecule has 2 rings (SSSR count). The van der Waals surface area contributed by atoms with E-state index in [4.69, 9.17) is 0 Å². The van der Waals surface area contributed by atoms with E-state index in [0.717, 1.165) is 12.8 Å². The quantitative estimate of drug-likeness (QED) is 0.841. The molecule has 1 aromatic rings. The highest BCUT2D eigenvalue weighted by Crippen LogP contribution is 2.28. The van der Waals surface area contributed by atoms with Crippen LogP contribution >= 0.6 is 11.8 Å². The number of carbonyl (C=O) groups excluding carboxylic acids is 1. The van der Waals surface area contributed by atoms with Crippen molar-refractivity contribution in [2.24, 2.45) is 0 Å². The minimum absolute atomic E-state index is 0.0101. The summed E-state index contributed by atoms with van der Waals surface area (Å²) in [6.07, 6.45) is 8.62. The lowest BCUT2D eigenvalue weighted by Crippen LogP contribution is -2.41. The predicted octanol–water partition coefficient (Wildman–Crippen LogP) is 1.84. The van der Waals surface area contributed by atoms with Crippen molar-refractivity contribution in [3.8, 4) is 0 Å². The van der Waals surface area contributed by atoms with Crippen LogP contribution in [-0.2, 0) is 0 Å². The number of thioether (sulfide) groups is 1. The van der Waals surface area contributed by atoms with Gasteiger partial charge in [-0.1, -0.05) is 12.8 Å². The number of hydrogen-bond donors (Lipinski definition) is 2. The number of nitrogens with one attached hydrogen (secondary N) is 1. The second-order valence-corrected chi connectivity index (χ2v) is 6.42. The lowest BCUT2D eigenvalue weighted by Gasteiger charge is -2.20. The van der Waals surface area contributed by atoms with Gasteiger partial charge in [0.15, 0.2) is 0 Å². The molecule has 0 saturated heterocycles. The van der Waals surface area contributed by atoms with Crippen molar-refractivity contribution in [3.05, 3.63) is 18.0 Å². The molecule has 1 fully saturated rings. The molecule has 2 atom stereocenters. The number of carbonyl (C=O) groups is 1. The van der Waals surface area contributed by atoms with Crippen molar-refractivity contribution in [1.82, 2.24) is 15.1 Å². The third-order valence-electron chi connectivity index (χ3n) is 3.94. The van der Waals surface area contributed by atoms with Crippen LogP contribution in [0.1, 0.15) is 49.1 Å². The molecular weight excluding hydrogens is 274 g/mol. The molecule has 0 bridgehead atoms. The van der Waals surface area contributed by atoms with Crippen LogP contribution in [0.4, 0.5) is 0 Å². The first-order valence-electron chi connectivity index (χ1n) is 7.15. The van der Waals surface area contributed by atoms with Gasteiger partial charge < -0.3 is 10.4 Å². The molecule has 0 radical (unpaired) electrons. The Balaban J connectivity index is 1.95. The summed E-state index contributed by atoms with van der Waals surface area (Å²) in [5.74, 6) is -0.165. The Bertz CT molecular complexity index is 439. The van der Waals surface area contributed by atoms with E-state index in [1.807, 2.05) is 24.1 Å². The van der Waals surface area contributed by atoms with Crippen LogP contribution < -0.4 is 5.32 Å². The SMILES string of the molecule is CSC(CO)C(C)NC(=O)c1ccn(C2CCCC2)n1. The van der Waals surface area contributed by atoms with E-state index in [9.17, 15) is 9.90 Å². The largest absolute Gasteiger partial charge is 0.395 e. The number of aliphatic hydroxyl groups excluding tert-OH is 1. The van der Waals surface area contributed by atoms with Gasteiger partial charge in [-0.2, -0.15) is 16.9 Å². The monoisotopic (exact) mass is 297 g/mol. The lowest BCUT2D eigenvalue weighted by molar-refractivity contribution is 0.0929. The molecule has 2 unspecified atom stereocenters. The van der Waals surface area contributed by atoms with E-state index in [2.05, 4.69) is 10.4 Å². The normalized spacial score (nSPS) is 18.9. The third-order valence-corrected chi connectivity index (χ3v) is 5.10. The molecule has 1 aliphatic rings. The summed E-state index contributed by atoms with van der Waals surface area (Å²) in [5.41, 5.74) is 0.460. The highest BCUT2D eigenvalue weighted by atomic mass is 32.2. The zero-order chi connectivity index (χ0) is 14.5. The van der Waals surface area contributed by atoms with Gasteiger partial charge in [0.2, 0.25) is 0 Å². The molecule has 1 aromatic heterocycles. The maximum absolute atomic E-state index is 12.1. The number of rotatable bonds is 6. The molecule has 0 aliphatic heterocycles. The summed E-state index contributed by atoms with van der Waals surface area (Å²) in [6, 6.07) is 2.14. The van der Waals surface area contributed by atoms with E-state index >= 15 is 0 Å². The molecule has 5 nitrogen and oxygen atoms in total. The fraction of sp³-hybridized carbons (Fsp3) is 0.714. The summed E-state index contributed by atoms with van der Waals surface area (Å²) in [6.45, 7) is 1.96. The lowest BCUT2D eigenvalue weighted by atomic mass is 10.2. The van der Waals surface area contributed by atoms with Crippen molar-refractivity contribution in [2.75, 3.05) is 12.9 Å². The average Bonchev–Trinajstić information content (AvgIpc) is 3.11. The van der Waals surface area contributed by atoms with Gasteiger partial charge in [0.1, 0.15) is 5.69 Å². The van der Waals surface area contributed by atoms with Gasteiger partial charge in [-0.25, -0.2) is 0 Å². The van der Waals surface area contributed by atoms with Crippen molar-refractivity contribution in [2.45, 2.75) is 49.9 Å². The van der Waals surface area contributed by atoms with E-state index in [-0.39, 0.29) is 23.8 Å². The fourth-order valence-corrected chi connectivity index (χ4v) is 3.27. The van der Waals surface area contributed by atoms with Crippen LogP contribution in [0.5, 0.6) is 0 Å². The van der Waals surface area contributed by atoms with Crippen LogP contribution in [0, 0.1) is 0 Å². The van der Waals surface area contributed by atoms with Gasteiger partial charge in [0.05, 0.1) is 12.6 Å². The van der Waals surface area contributed by atoms with E-state index in [0.29, 0.717) is 11.7 Å². The highest BCUT2D eigenvalue weighted by Gasteiger charge is 2.21. The minimum atomic E-state index is -0.165. The number of aliphatic hydroxyl groups is 1. The second-order valence-electron chi connectivity index (χ2n) is 5.34. The molecule has 112 valence electrons. The van der Waals surface area contributed by atoms with Crippen molar-refractivity contribution in [1.29, 1.82) is 0 Å².